The molecule has 2 aromatic rings. The van der Waals surface area contributed by atoms with Gasteiger partial charge in [-0.05, 0) is 52.4 Å². The van der Waals surface area contributed by atoms with Crippen molar-refractivity contribution >= 4 is 17.4 Å². The van der Waals surface area contributed by atoms with E-state index in [-0.39, 0.29) is 50.4 Å². The summed E-state index contributed by atoms with van der Waals surface area (Å²) in [5, 5.41) is 9.45. The summed E-state index contributed by atoms with van der Waals surface area (Å²) >= 11 is 0. The number of amides is 1. The molecule has 45 heavy (non-hydrogen) atoms. The van der Waals surface area contributed by atoms with Gasteiger partial charge in [0.05, 0.1) is 48.6 Å². The van der Waals surface area contributed by atoms with E-state index in [4.69, 9.17) is 9.72 Å². The largest absolute Gasteiger partial charge is 0.463 e. The predicted molar refractivity (Wildman–Crippen MR) is 157 cm³/mol. The molecule has 5 rings (SSSR count). The summed E-state index contributed by atoms with van der Waals surface area (Å²) in [7, 11) is 3.95. The van der Waals surface area contributed by atoms with Crippen LogP contribution in [-0.2, 0) is 23.9 Å². The van der Waals surface area contributed by atoms with Gasteiger partial charge in [-0.1, -0.05) is 12.6 Å². The zero-order chi connectivity index (χ0) is 32.7. The zero-order valence-electron chi connectivity index (χ0n) is 25.5. The van der Waals surface area contributed by atoms with Gasteiger partial charge in [0.2, 0.25) is 0 Å². The maximum absolute atomic E-state index is 15.1. The smallest absolute Gasteiger partial charge is 0.418 e. The van der Waals surface area contributed by atoms with E-state index < -0.39 is 47.1 Å². The molecule has 1 aliphatic carbocycles. The van der Waals surface area contributed by atoms with Crippen LogP contribution in [0.4, 0.5) is 33.5 Å². The van der Waals surface area contributed by atoms with Crippen molar-refractivity contribution in [2.24, 2.45) is 5.41 Å². The van der Waals surface area contributed by atoms with Crippen LogP contribution in [0.2, 0.25) is 0 Å². The molecule has 1 amide bonds. The van der Waals surface area contributed by atoms with Crippen LogP contribution in [0.15, 0.2) is 30.6 Å². The average molecular weight is 634 g/mol. The first-order valence-corrected chi connectivity index (χ1v) is 14.8. The summed E-state index contributed by atoms with van der Waals surface area (Å²) in [6.45, 7) is 6.33. The van der Waals surface area contributed by atoms with Crippen LogP contribution in [0, 0.1) is 22.6 Å². The molecule has 0 spiro atoms. The van der Waals surface area contributed by atoms with Crippen molar-refractivity contribution in [2.45, 2.75) is 57.4 Å². The minimum absolute atomic E-state index is 0.0420. The Balaban J connectivity index is 1.53. The number of carbonyl (C=O) groups excluding carboxylic acids is 1. The van der Waals surface area contributed by atoms with Crippen LogP contribution in [0.25, 0.3) is 0 Å². The second-order valence-corrected chi connectivity index (χ2v) is 12.5. The molecular weight excluding hydrogens is 597 g/mol. The number of aromatic nitrogens is 2. The fraction of sp³-hybridized carbons (Fsp3) is 0.548. The number of anilines is 2. The zero-order valence-corrected chi connectivity index (χ0v) is 25.5. The van der Waals surface area contributed by atoms with Crippen LogP contribution >= 0.6 is 0 Å². The second-order valence-electron chi connectivity index (χ2n) is 12.5. The number of halogens is 5. The number of rotatable bonds is 9. The summed E-state index contributed by atoms with van der Waals surface area (Å²) in [5.74, 6) is -2.51. The van der Waals surface area contributed by atoms with Crippen LogP contribution < -0.4 is 14.5 Å². The van der Waals surface area contributed by atoms with E-state index >= 15 is 4.39 Å². The minimum Gasteiger partial charge on any atom is -0.463 e. The molecule has 0 bridgehead atoms. The highest BCUT2D eigenvalue weighted by Gasteiger charge is 2.45. The maximum atomic E-state index is 15.1. The first-order valence-electron chi connectivity index (χ1n) is 14.8. The molecule has 2 fully saturated rings. The van der Waals surface area contributed by atoms with Gasteiger partial charge in [-0.2, -0.15) is 28.4 Å². The third-order valence-electron chi connectivity index (χ3n) is 8.70. The topological polar surface area (TPSA) is 88.8 Å². The van der Waals surface area contributed by atoms with Gasteiger partial charge in [-0.25, -0.2) is 8.78 Å². The lowest BCUT2D eigenvalue weighted by molar-refractivity contribution is -0.137. The quantitative estimate of drug-likeness (QED) is 0.290. The summed E-state index contributed by atoms with van der Waals surface area (Å²) in [6, 6.07) is 3.79. The Labute approximate surface area is 258 Å². The standard InChI is InChI=1S/C31H36F5N7O2/c1-19-14-22-25(16-43(19)26-23(31(34,35)36)6-5-7-24(26)33)38-29(45-18-30(9-10-30)17-40(3)4)39-27(22)41-12-13-42(28(44)20(2)32)21(15-41)8-11-37/h5-7,19,21H,2,8-10,12-18H2,1,3-4H3. The van der Waals surface area contributed by atoms with Gasteiger partial charge in [0.1, 0.15) is 11.6 Å². The Hall–Kier alpha value is -3.99. The Kier molecular flexibility index (Phi) is 8.95. The lowest BCUT2D eigenvalue weighted by Crippen LogP contribution is -2.56. The van der Waals surface area contributed by atoms with E-state index in [2.05, 4.69) is 22.5 Å². The molecular formula is C31H36F5N7O2. The van der Waals surface area contributed by atoms with E-state index in [0.29, 0.717) is 23.7 Å². The normalized spacial score (nSPS) is 20.9. The SMILES string of the molecule is C=C(F)C(=O)N1CCN(c2nc(OCC3(CN(C)C)CC3)nc3c2CC(C)N(c2c(F)cccc2C(F)(F)F)C3)CC1CC#N. The molecule has 2 unspecified atom stereocenters. The van der Waals surface area contributed by atoms with E-state index in [1.807, 2.05) is 19.0 Å². The molecule has 14 heteroatoms. The number of piperazine rings is 1. The van der Waals surface area contributed by atoms with Gasteiger partial charge in [0, 0.05) is 43.2 Å². The fourth-order valence-electron chi connectivity index (χ4n) is 6.38. The van der Waals surface area contributed by atoms with E-state index in [1.165, 1.54) is 9.80 Å². The van der Waals surface area contributed by atoms with Crippen molar-refractivity contribution in [3.05, 3.63) is 53.2 Å². The van der Waals surface area contributed by atoms with E-state index in [0.717, 1.165) is 37.6 Å². The number of ether oxygens (including phenoxy) is 1. The second kappa shape index (κ2) is 12.4. The molecule has 3 heterocycles. The Morgan fingerprint density at radius 1 is 1.24 bits per heavy atom. The first kappa shape index (κ1) is 32.4. The Morgan fingerprint density at radius 3 is 2.60 bits per heavy atom. The third kappa shape index (κ3) is 6.83. The maximum Gasteiger partial charge on any atom is 0.418 e. The highest BCUT2D eigenvalue weighted by Crippen LogP contribution is 2.46. The molecule has 0 radical (unpaired) electrons. The number of hydrogen-bond acceptors (Lipinski definition) is 8. The predicted octanol–water partition coefficient (Wildman–Crippen LogP) is 4.72. The van der Waals surface area contributed by atoms with Crippen LogP contribution in [0.1, 0.15) is 43.0 Å². The molecule has 1 saturated carbocycles. The highest BCUT2D eigenvalue weighted by atomic mass is 19.4. The van der Waals surface area contributed by atoms with Crippen molar-refractivity contribution in [1.29, 1.82) is 5.26 Å². The van der Waals surface area contributed by atoms with Gasteiger partial charge in [0.15, 0.2) is 5.83 Å². The summed E-state index contributed by atoms with van der Waals surface area (Å²) in [6.07, 6.45) is -2.70. The fourth-order valence-corrected chi connectivity index (χ4v) is 6.38. The summed E-state index contributed by atoms with van der Waals surface area (Å²) < 4.78 is 77.0. The first-order chi connectivity index (χ1) is 21.2. The van der Waals surface area contributed by atoms with Crippen LogP contribution in [-0.4, -0.2) is 84.6 Å². The molecule has 3 aliphatic rings. The molecule has 1 saturated heterocycles. The molecule has 1 aromatic carbocycles. The van der Waals surface area contributed by atoms with Gasteiger partial charge in [0.25, 0.3) is 5.91 Å². The lowest BCUT2D eigenvalue weighted by atomic mass is 9.96. The number of fused-ring (bicyclic) bond motifs is 1. The molecule has 1 aromatic heterocycles. The highest BCUT2D eigenvalue weighted by molar-refractivity contribution is 5.91. The third-order valence-corrected chi connectivity index (χ3v) is 8.70. The van der Waals surface area contributed by atoms with Gasteiger partial charge in [-0.3, -0.25) is 4.79 Å². The van der Waals surface area contributed by atoms with Gasteiger partial charge in [-0.15, -0.1) is 0 Å². The number of alkyl halides is 3. The molecule has 9 nitrogen and oxygen atoms in total. The number of carbonyl (C=O) groups is 1. The number of hydrogen-bond donors (Lipinski definition) is 0. The van der Waals surface area contributed by atoms with Gasteiger partial charge >= 0.3 is 12.2 Å². The number of nitriles is 1. The van der Waals surface area contributed by atoms with Crippen molar-refractivity contribution in [1.82, 2.24) is 19.8 Å². The van der Waals surface area contributed by atoms with Crippen molar-refractivity contribution < 1.29 is 31.5 Å². The van der Waals surface area contributed by atoms with Crippen LogP contribution in [0.5, 0.6) is 6.01 Å². The number of para-hydroxylation sites is 1. The minimum atomic E-state index is -4.77. The van der Waals surface area contributed by atoms with E-state index in [1.54, 1.807) is 6.92 Å². The van der Waals surface area contributed by atoms with E-state index in [9.17, 15) is 27.6 Å². The molecule has 242 valence electrons. The van der Waals surface area contributed by atoms with Crippen LogP contribution in [0.3, 0.4) is 0 Å². The Morgan fingerprint density at radius 2 is 1.98 bits per heavy atom. The van der Waals surface area contributed by atoms with Crippen molar-refractivity contribution in [3.8, 4) is 12.1 Å². The van der Waals surface area contributed by atoms with Crippen molar-refractivity contribution in [3.63, 3.8) is 0 Å². The monoisotopic (exact) mass is 633 g/mol. The van der Waals surface area contributed by atoms with Gasteiger partial charge < -0.3 is 24.3 Å². The summed E-state index contributed by atoms with van der Waals surface area (Å²) in [4.78, 5) is 28.5. The lowest BCUT2D eigenvalue weighted by Gasteiger charge is -2.43. The summed E-state index contributed by atoms with van der Waals surface area (Å²) in [5.41, 5.74) is -0.610. The Bertz CT molecular complexity index is 1500. The van der Waals surface area contributed by atoms with Crippen molar-refractivity contribution in [2.75, 3.05) is 56.7 Å². The molecule has 2 aliphatic heterocycles. The average Bonchev–Trinajstić information content (AvgIpc) is 3.73. The molecule has 2 atom stereocenters. The number of nitrogens with zero attached hydrogens (tertiary/aromatic N) is 7. The number of benzene rings is 1. The molecule has 0 N–H and O–H groups in total.